The van der Waals surface area contributed by atoms with Gasteiger partial charge in [-0.15, -0.1) is 0 Å². The zero-order valence-corrected chi connectivity index (χ0v) is 20.0. The topological polar surface area (TPSA) is 100 Å². The van der Waals surface area contributed by atoms with Crippen LogP contribution in [0.2, 0.25) is 0 Å². The lowest BCUT2D eigenvalue weighted by atomic mass is 9.77. The van der Waals surface area contributed by atoms with E-state index in [0.29, 0.717) is 31.7 Å². The molecule has 3 heterocycles. The van der Waals surface area contributed by atoms with Gasteiger partial charge >= 0.3 is 0 Å². The molecule has 2 saturated heterocycles. The van der Waals surface area contributed by atoms with Gasteiger partial charge in [-0.1, -0.05) is 25.3 Å². The summed E-state index contributed by atoms with van der Waals surface area (Å²) in [7, 11) is 0. The van der Waals surface area contributed by atoms with Gasteiger partial charge in [0, 0.05) is 11.6 Å². The van der Waals surface area contributed by atoms with Crippen LogP contribution in [0, 0.1) is 5.92 Å². The molecule has 0 aromatic heterocycles. The molecule has 184 valence electrons. The summed E-state index contributed by atoms with van der Waals surface area (Å²) in [5, 5.41) is 2.80. The lowest BCUT2D eigenvalue weighted by molar-refractivity contribution is -0.126. The Labute approximate surface area is 201 Å². The molecule has 34 heavy (non-hydrogen) atoms. The number of unbranched alkanes of at least 4 members (excludes halogenated alkanes) is 2. The first-order valence-electron chi connectivity index (χ1n) is 13.0. The van der Waals surface area contributed by atoms with Gasteiger partial charge in [0.15, 0.2) is 0 Å². The number of carbonyl (C=O) groups is 2. The number of rotatable bonds is 9. The van der Waals surface area contributed by atoms with E-state index in [1.54, 1.807) is 0 Å². The Morgan fingerprint density at radius 2 is 2.00 bits per heavy atom. The van der Waals surface area contributed by atoms with Gasteiger partial charge in [0.25, 0.3) is 0 Å². The first-order chi connectivity index (χ1) is 16.6. The molecule has 1 aromatic rings. The quantitative estimate of drug-likeness (QED) is 0.544. The number of hydrogen-bond acceptors (Lipinski definition) is 6. The van der Waals surface area contributed by atoms with E-state index >= 15 is 0 Å². The molecule has 2 amide bonds. The van der Waals surface area contributed by atoms with E-state index in [9.17, 15) is 9.59 Å². The van der Waals surface area contributed by atoms with Crippen molar-refractivity contribution in [3.63, 3.8) is 0 Å². The zero-order valence-electron chi connectivity index (χ0n) is 20.0. The van der Waals surface area contributed by atoms with Gasteiger partial charge in [0.2, 0.25) is 17.8 Å². The summed E-state index contributed by atoms with van der Waals surface area (Å²) in [4.78, 5) is 33.0. The fraction of sp³-hybridized carbons (Fsp3) is 0.654. The fourth-order valence-corrected chi connectivity index (χ4v) is 6.30. The third-order valence-electron chi connectivity index (χ3n) is 7.96. The van der Waals surface area contributed by atoms with Gasteiger partial charge < -0.3 is 15.4 Å². The van der Waals surface area contributed by atoms with Crippen molar-refractivity contribution in [2.45, 2.75) is 82.8 Å². The Morgan fingerprint density at radius 1 is 1.15 bits per heavy atom. The van der Waals surface area contributed by atoms with Gasteiger partial charge in [0.05, 0.1) is 24.9 Å². The van der Waals surface area contributed by atoms with Crippen molar-refractivity contribution in [1.29, 1.82) is 0 Å². The summed E-state index contributed by atoms with van der Waals surface area (Å²) in [5.41, 5.74) is 7.76. The second-order valence-corrected chi connectivity index (χ2v) is 10.2. The van der Waals surface area contributed by atoms with Crippen LogP contribution in [0.25, 0.3) is 0 Å². The normalized spacial score (nSPS) is 25.0. The highest BCUT2D eigenvalue weighted by molar-refractivity contribution is 6.05. The molecule has 1 aromatic carbocycles. The average Bonchev–Trinajstić information content (AvgIpc) is 3.20. The number of hydrogen-bond donors (Lipinski definition) is 2. The molecule has 1 aliphatic carbocycles. The van der Waals surface area contributed by atoms with Crippen molar-refractivity contribution in [2.75, 3.05) is 19.7 Å². The molecule has 3 aliphatic heterocycles. The number of guanidine groups is 1. The third-order valence-corrected chi connectivity index (χ3v) is 7.96. The van der Waals surface area contributed by atoms with Crippen LogP contribution in [-0.2, 0) is 16.1 Å². The van der Waals surface area contributed by atoms with Gasteiger partial charge in [-0.2, -0.15) is 0 Å². The van der Waals surface area contributed by atoms with Gasteiger partial charge in [-0.3, -0.25) is 19.8 Å². The number of primary amides is 1. The summed E-state index contributed by atoms with van der Waals surface area (Å²) >= 11 is 0. The lowest BCUT2D eigenvalue weighted by Gasteiger charge is -2.47. The molecule has 3 N–H and O–H groups in total. The number of fused-ring (bicyclic) bond motifs is 3. The lowest BCUT2D eigenvalue weighted by Crippen LogP contribution is -2.55. The van der Waals surface area contributed by atoms with Crippen LogP contribution < -0.4 is 15.8 Å². The largest absolute Gasteiger partial charge is 0.493 e. The minimum absolute atomic E-state index is 0.0214. The Hall–Kier alpha value is -2.61. The third kappa shape index (κ3) is 4.92. The van der Waals surface area contributed by atoms with Crippen LogP contribution in [0.5, 0.6) is 5.75 Å². The smallest absolute Gasteiger partial charge is 0.246 e. The molecule has 3 unspecified atom stereocenters. The highest BCUT2D eigenvalue weighted by Crippen LogP contribution is 2.37. The van der Waals surface area contributed by atoms with E-state index in [-0.39, 0.29) is 17.9 Å². The number of amides is 2. The number of ether oxygens (including phenoxy) is 1. The van der Waals surface area contributed by atoms with Crippen LogP contribution in [-0.4, -0.2) is 59.4 Å². The molecule has 3 atom stereocenters. The molecule has 8 nitrogen and oxygen atoms in total. The van der Waals surface area contributed by atoms with E-state index in [4.69, 9.17) is 10.5 Å². The highest BCUT2D eigenvalue weighted by Gasteiger charge is 2.38. The van der Waals surface area contributed by atoms with E-state index in [2.05, 4.69) is 15.2 Å². The maximum Gasteiger partial charge on any atom is 0.246 e. The van der Waals surface area contributed by atoms with E-state index < -0.39 is 0 Å². The van der Waals surface area contributed by atoms with Crippen molar-refractivity contribution >= 4 is 23.5 Å². The first-order valence-corrected chi connectivity index (χ1v) is 13.0. The van der Waals surface area contributed by atoms with Crippen molar-refractivity contribution in [3.05, 3.63) is 23.8 Å². The summed E-state index contributed by atoms with van der Waals surface area (Å²) in [5.74, 6) is 2.04. The predicted molar refractivity (Wildman–Crippen MR) is 131 cm³/mol. The fourth-order valence-electron chi connectivity index (χ4n) is 6.30. The SMILES string of the molecule is NC(=O)C(CCCCCOc1cccc2c1CN1CC(=O)NC1=N2)N1CCCC2CCCCC21. The second-order valence-electron chi connectivity index (χ2n) is 10.2. The maximum atomic E-state index is 12.3. The van der Waals surface area contributed by atoms with Crippen LogP contribution in [0.1, 0.15) is 69.8 Å². The number of nitrogens with two attached hydrogens (primary N) is 1. The maximum absolute atomic E-state index is 12.3. The Balaban J connectivity index is 1.09. The zero-order chi connectivity index (χ0) is 23.5. The monoisotopic (exact) mass is 467 g/mol. The molecule has 4 aliphatic rings. The molecule has 8 heteroatoms. The number of piperidine rings is 1. The average molecular weight is 468 g/mol. The Kier molecular flexibility index (Phi) is 7.04. The van der Waals surface area contributed by atoms with Crippen LogP contribution in [0.15, 0.2) is 23.2 Å². The summed E-state index contributed by atoms with van der Waals surface area (Å²) in [6.45, 7) is 2.60. The van der Waals surface area contributed by atoms with Gasteiger partial charge in [0.1, 0.15) is 12.3 Å². The minimum atomic E-state index is -0.159. The summed E-state index contributed by atoms with van der Waals surface area (Å²) in [6, 6.07) is 6.30. The molecular weight excluding hydrogens is 430 g/mol. The van der Waals surface area contributed by atoms with E-state index in [1.165, 1.54) is 38.5 Å². The number of carbonyl (C=O) groups excluding carboxylic acids is 2. The second kappa shape index (κ2) is 10.3. The minimum Gasteiger partial charge on any atom is -0.493 e. The number of benzene rings is 1. The molecule has 0 bridgehead atoms. The molecule has 1 saturated carbocycles. The number of nitrogens with zero attached hydrogens (tertiary/aromatic N) is 3. The molecule has 0 radical (unpaired) electrons. The Morgan fingerprint density at radius 3 is 2.88 bits per heavy atom. The van der Waals surface area contributed by atoms with Gasteiger partial charge in [-0.05, 0) is 69.5 Å². The standard InChI is InChI=1S/C26H37N5O3/c27-25(33)22(31-14-7-9-18-8-3-4-11-21(18)31)12-2-1-5-15-34-23-13-6-10-20-19(23)16-30-17-24(32)29-26(30)28-20/h6,10,13,18,21-22H,1-5,7-9,11-12,14-17H2,(H2,27,33)(H,28,29,32). The molecule has 5 rings (SSSR count). The Bertz CT molecular complexity index is 946. The van der Waals surface area contributed by atoms with Crippen molar-refractivity contribution in [1.82, 2.24) is 15.1 Å². The first kappa shape index (κ1) is 23.1. The molecule has 3 fully saturated rings. The highest BCUT2D eigenvalue weighted by atomic mass is 16.5. The van der Waals surface area contributed by atoms with Crippen molar-refractivity contribution in [3.8, 4) is 5.75 Å². The van der Waals surface area contributed by atoms with Crippen LogP contribution >= 0.6 is 0 Å². The number of aliphatic imine (C=N–C) groups is 1. The van der Waals surface area contributed by atoms with E-state index in [1.807, 2.05) is 23.1 Å². The predicted octanol–water partition coefficient (Wildman–Crippen LogP) is 3.07. The summed E-state index contributed by atoms with van der Waals surface area (Å²) < 4.78 is 6.12. The number of nitrogens with one attached hydrogen (secondary N) is 1. The van der Waals surface area contributed by atoms with Crippen molar-refractivity contribution in [2.24, 2.45) is 16.6 Å². The molecule has 0 spiro atoms. The van der Waals surface area contributed by atoms with Crippen LogP contribution in [0.3, 0.4) is 0 Å². The number of likely N-dealkylation sites (tertiary alicyclic amines) is 1. The van der Waals surface area contributed by atoms with Gasteiger partial charge in [-0.25, -0.2) is 4.99 Å². The van der Waals surface area contributed by atoms with Crippen molar-refractivity contribution < 1.29 is 14.3 Å². The summed E-state index contributed by atoms with van der Waals surface area (Å²) in [6.07, 6.45) is 11.4. The van der Waals surface area contributed by atoms with Crippen LogP contribution in [0.4, 0.5) is 5.69 Å². The molecular formula is C26H37N5O3. The van der Waals surface area contributed by atoms with E-state index in [0.717, 1.165) is 55.1 Å².